The Labute approximate surface area is 187 Å². The molecule has 0 aliphatic carbocycles. The number of anilines is 1. The first-order valence-corrected chi connectivity index (χ1v) is 10.7. The summed E-state index contributed by atoms with van der Waals surface area (Å²) >= 11 is 0. The maximum Gasteiger partial charge on any atom is 0.257 e. The van der Waals surface area contributed by atoms with Crippen molar-refractivity contribution in [2.75, 3.05) is 18.4 Å². The Kier molecular flexibility index (Phi) is 7.04. The molecule has 6 nitrogen and oxygen atoms in total. The topological polar surface area (TPSA) is 86.1 Å². The summed E-state index contributed by atoms with van der Waals surface area (Å²) in [6.45, 7) is 8.48. The van der Waals surface area contributed by atoms with Crippen LogP contribution in [0.15, 0.2) is 30.0 Å². The maximum absolute atomic E-state index is 14.2. The lowest BCUT2D eigenvalue weighted by Crippen LogP contribution is -2.38. The number of carbonyl (C=O) groups is 2. The SMILES string of the molecule is Cc1cc(F)cc(C=C2CCN(C(=O)C(C)C)CC2)c1NC(=O)c1cnc(C)c(C#N)c1. The van der Waals surface area contributed by atoms with E-state index in [0.717, 1.165) is 5.57 Å². The Morgan fingerprint density at radius 1 is 1.22 bits per heavy atom. The number of hydrogen-bond donors (Lipinski definition) is 1. The predicted octanol–water partition coefficient (Wildman–Crippen LogP) is 4.62. The van der Waals surface area contributed by atoms with Crippen molar-refractivity contribution in [2.45, 2.75) is 40.5 Å². The minimum atomic E-state index is -0.416. The number of nitriles is 1. The van der Waals surface area contributed by atoms with Gasteiger partial charge in [-0.15, -0.1) is 0 Å². The van der Waals surface area contributed by atoms with Gasteiger partial charge in [-0.2, -0.15) is 5.26 Å². The van der Waals surface area contributed by atoms with Crippen LogP contribution in [0.2, 0.25) is 0 Å². The number of halogens is 1. The first kappa shape index (κ1) is 23.1. The number of aromatic nitrogens is 1. The van der Waals surface area contributed by atoms with Crippen LogP contribution in [0.5, 0.6) is 0 Å². The summed E-state index contributed by atoms with van der Waals surface area (Å²) in [6, 6.07) is 6.29. The van der Waals surface area contributed by atoms with E-state index in [2.05, 4.69) is 10.3 Å². The number of pyridine rings is 1. The summed E-state index contributed by atoms with van der Waals surface area (Å²) in [7, 11) is 0. The third-order valence-electron chi connectivity index (χ3n) is 5.61. The van der Waals surface area contributed by atoms with Gasteiger partial charge in [0.1, 0.15) is 11.9 Å². The van der Waals surface area contributed by atoms with Crippen LogP contribution < -0.4 is 5.32 Å². The van der Waals surface area contributed by atoms with Gasteiger partial charge < -0.3 is 10.2 Å². The maximum atomic E-state index is 14.2. The smallest absolute Gasteiger partial charge is 0.257 e. The Morgan fingerprint density at radius 3 is 2.53 bits per heavy atom. The van der Waals surface area contributed by atoms with E-state index in [-0.39, 0.29) is 23.2 Å². The quantitative estimate of drug-likeness (QED) is 0.761. The number of aryl methyl sites for hydroxylation is 2. The highest BCUT2D eigenvalue weighted by Crippen LogP contribution is 2.28. The molecule has 1 fully saturated rings. The average molecular weight is 435 g/mol. The molecule has 0 spiro atoms. The summed E-state index contributed by atoms with van der Waals surface area (Å²) in [5, 5.41) is 12.1. The van der Waals surface area contributed by atoms with E-state index in [1.165, 1.54) is 24.4 Å². The molecule has 0 radical (unpaired) electrons. The zero-order valence-corrected chi connectivity index (χ0v) is 18.8. The van der Waals surface area contributed by atoms with Gasteiger partial charge in [-0.3, -0.25) is 14.6 Å². The molecule has 1 aromatic carbocycles. The van der Waals surface area contributed by atoms with Gasteiger partial charge in [-0.1, -0.05) is 25.5 Å². The lowest BCUT2D eigenvalue weighted by molar-refractivity contribution is -0.134. The summed E-state index contributed by atoms with van der Waals surface area (Å²) < 4.78 is 14.2. The Hall–Kier alpha value is -3.53. The van der Waals surface area contributed by atoms with Crippen molar-refractivity contribution in [1.29, 1.82) is 5.26 Å². The second-order valence-corrected chi connectivity index (χ2v) is 8.39. The number of nitrogens with zero attached hydrogens (tertiary/aromatic N) is 3. The van der Waals surface area contributed by atoms with Crippen LogP contribution in [0.4, 0.5) is 10.1 Å². The van der Waals surface area contributed by atoms with E-state index in [9.17, 15) is 19.2 Å². The Balaban J connectivity index is 1.85. The van der Waals surface area contributed by atoms with Crippen LogP contribution in [-0.2, 0) is 4.79 Å². The van der Waals surface area contributed by atoms with Gasteiger partial charge in [0.2, 0.25) is 5.91 Å². The molecule has 166 valence electrons. The summed E-state index contributed by atoms with van der Waals surface area (Å²) in [4.78, 5) is 31.0. The molecule has 1 N–H and O–H groups in total. The number of piperidine rings is 1. The molecule has 0 unspecified atom stereocenters. The molecule has 2 amide bonds. The summed E-state index contributed by atoms with van der Waals surface area (Å²) in [5.41, 5.74) is 3.93. The zero-order chi connectivity index (χ0) is 23.4. The molecule has 0 bridgehead atoms. The molecule has 0 saturated carbocycles. The van der Waals surface area contributed by atoms with Crippen LogP contribution >= 0.6 is 0 Å². The lowest BCUT2D eigenvalue weighted by atomic mass is 9.97. The highest BCUT2D eigenvalue weighted by molar-refractivity contribution is 6.05. The number of amides is 2. The third kappa shape index (κ3) is 5.20. The van der Waals surface area contributed by atoms with Crippen molar-refractivity contribution < 1.29 is 14.0 Å². The fourth-order valence-corrected chi connectivity index (χ4v) is 3.75. The first-order valence-electron chi connectivity index (χ1n) is 10.7. The zero-order valence-electron chi connectivity index (χ0n) is 18.8. The molecule has 32 heavy (non-hydrogen) atoms. The van der Waals surface area contributed by atoms with Crippen LogP contribution in [-0.4, -0.2) is 34.8 Å². The largest absolute Gasteiger partial charge is 0.342 e. The number of nitrogens with one attached hydrogen (secondary N) is 1. The molecule has 2 heterocycles. The van der Waals surface area contributed by atoms with E-state index in [0.29, 0.717) is 54.0 Å². The van der Waals surface area contributed by atoms with Crippen LogP contribution in [0, 0.1) is 36.9 Å². The van der Waals surface area contributed by atoms with Crippen LogP contribution in [0.25, 0.3) is 6.08 Å². The van der Waals surface area contributed by atoms with E-state index in [1.54, 1.807) is 13.8 Å². The van der Waals surface area contributed by atoms with Gasteiger partial charge in [0.25, 0.3) is 5.91 Å². The van der Waals surface area contributed by atoms with E-state index in [4.69, 9.17) is 0 Å². The van der Waals surface area contributed by atoms with Crippen LogP contribution in [0.1, 0.15) is 59.4 Å². The number of hydrogen-bond acceptors (Lipinski definition) is 4. The fraction of sp³-hybridized carbons (Fsp3) is 0.360. The van der Waals surface area contributed by atoms with E-state index in [1.807, 2.05) is 30.9 Å². The van der Waals surface area contributed by atoms with Crippen molar-refractivity contribution in [3.05, 3.63) is 63.7 Å². The standard InChI is InChI=1S/C25H27FN4O2/c1-15(2)25(32)30-7-5-18(6-8-30)10-19-12-22(26)9-16(3)23(19)29-24(31)21-11-20(13-27)17(4)28-14-21/h9-12,14-15H,5-8H2,1-4H3,(H,29,31). The molecule has 3 rings (SSSR count). The van der Waals surface area contributed by atoms with E-state index >= 15 is 0 Å². The van der Waals surface area contributed by atoms with Gasteiger partial charge in [0, 0.05) is 30.8 Å². The van der Waals surface area contributed by atoms with Crippen molar-refractivity contribution in [2.24, 2.45) is 5.92 Å². The van der Waals surface area contributed by atoms with Gasteiger partial charge in [0.05, 0.1) is 22.5 Å². The van der Waals surface area contributed by atoms with Crippen LogP contribution in [0.3, 0.4) is 0 Å². The molecule has 1 aliphatic heterocycles. The number of rotatable bonds is 4. The molecular formula is C25H27FN4O2. The van der Waals surface area contributed by atoms with Crippen molar-refractivity contribution in [3.63, 3.8) is 0 Å². The minimum Gasteiger partial charge on any atom is -0.342 e. The Morgan fingerprint density at radius 2 is 1.91 bits per heavy atom. The summed E-state index contributed by atoms with van der Waals surface area (Å²) in [6.07, 6.45) is 4.73. The molecule has 1 aromatic heterocycles. The number of carbonyl (C=O) groups excluding carboxylic acids is 2. The van der Waals surface area contributed by atoms with Crippen molar-refractivity contribution in [1.82, 2.24) is 9.88 Å². The molecule has 7 heteroatoms. The molecular weight excluding hydrogens is 407 g/mol. The second kappa shape index (κ2) is 9.73. The molecule has 0 atom stereocenters. The monoisotopic (exact) mass is 434 g/mol. The van der Waals surface area contributed by atoms with E-state index < -0.39 is 5.91 Å². The van der Waals surface area contributed by atoms with Crippen molar-refractivity contribution in [3.8, 4) is 6.07 Å². The number of benzene rings is 1. The highest BCUT2D eigenvalue weighted by atomic mass is 19.1. The lowest BCUT2D eigenvalue weighted by Gasteiger charge is -2.30. The van der Waals surface area contributed by atoms with Gasteiger partial charge in [0.15, 0.2) is 0 Å². The highest BCUT2D eigenvalue weighted by Gasteiger charge is 2.21. The Bertz CT molecular complexity index is 1120. The predicted molar refractivity (Wildman–Crippen MR) is 121 cm³/mol. The second-order valence-electron chi connectivity index (χ2n) is 8.39. The normalized spacial score (nSPS) is 13.7. The average Bonchev–Trinajstić information content (AvgIpc) is 2.76. The first-order chi connectivity index (χ1) is 15.2. The number of likely N-dealkylation sites (tertiary alicyclic amines) is 1. The molecule has 2 aromatic rings. The molecule has 1 aliphatic rings. The minimum absolute atomic E-state index is 0.0361. The third-order valence-corrected chi connectivity index (χ3v) is 5.61. The van der Waals surface area contributed by atoms with Gasteiger partial charge >= 0.3 is 0 Å². The molecule has 1 saturated heterocycles. The summed E-state index contributed by atoms with van der Waals surface area (Å²) in [5.74, 6) is -0.697. The van der Waals surface area contributed by atoms with Gasteiger partial charge in [-0.05, 0) is 50.5 Å². The van der Waals surface area contributed by atoms with Gasteiger partial charge in [-0.25, -0.2) is 4.39 Å². The van der Waals surface area contributed by atoms with Crippen molar-refractivity contribution >= 4 is 23.6 Å². The fourth-order valence-electron chi connectivity index (χ4n) is 3.75.